The highest BCUT2D eigenvalue weighted by Gasteiger charge is 2.25. The third kappa shape index (κ3) is 5.37. The number of hydrogen-bond acceptors (Lipinski definition) is 2. The summed E-state index contributed by atoms with van der Waals surface area (Å²) in [7, 11) is 1.27. The zero-order valence-electron chi connectivity index (χ0n) is 17.9. The maximum Gasteiger partial charge on any atom is 0.201 e. The smallest absolute Gasteiger partial charge is 0.201 e. The van der Waals surface area contributed by atoms with E-state index < -0.39 is 17.5 Å². The maximum absolute atomic E-state index is 14.8. The Labute approximate surface area is 177 Å². The molecular formula is C25H31F3O2. The van der Waals surface area contributed by atoms with E-state index in [-0.39, 0.29) is 23.3 Å². The van der Waals surface area contributed by atoms with Crippen LogP contribution in [0.5, 0.6) is 5.75 Å². The van der Waals surface area contributed by atoms with Crippen LogP contribution < -0.4 is 4.74 Å². The molecule has 2 atom stereocenters. The standard InChI is InChI=1S/C25H31F3O2/c1-3-4-5-6-7-8-19-11-9-18(16-30-19)20-12-10-17(15-22(20)26)21-13-14-23(29-2)25(28)24(21)27/h10,12-15,18-19H,3-9,11,16H2,1-2H3. The summed E-state index contributed by atoms with van der Waals surface area (Å²) < 4.78 is 53.9. The van der Waals surface area contributed by atoms with Gasteiger partial charge in [-0.3, -0.25) is 0 Å². The summed E-state index contributed by atoms with van der Waals surface area (Å²) in [5, 5.41) is 0. The molecule has 0 aliphatic carbocycles. The van der Waals surface area contributed by atoms with Crippen molar-refractivity contribution in [2.24, 2.45) is 0 Å². The lowest BCUT2D eigenvalue weighted by molar-refractivity contribution is -0.00273. The van der Waals surface area contributed by atoms with Gasteiger partial charge in [-0.15, -0.1) is 0 Å². The van der Waals surface area contributed by atoms with Gasteiger partial charge in [0.05, 0.1) is 19.8 Å². The van der Waals surface area contributed by atoms with E-state index in [1.54, 1.807) is 12.1 Å². The summed E-state index contributed by atoms with van der Waals surface area (Å²) in [5.41, 5.74) is 0.897. The maximum atomic E-state index is 14.8. The number of benzene rings is 2. The van der Waals surface area contributed by atoms with Crippen LogP contribution >= 0.6 is 0 Å². The van der Waals surface area contributed by atoms with Crippen molar-refractivity contribution in [2.45, 2.75) is 70.3 Å². The molecule has 3 rings (SSSR count). The van der Waals surface area contributed by atoms with Crippen molar-refractivity contribution in [2.75, 3.05) is 13.7 Å². The fourth-order valence-corrected chi connectivity index (χ4v) is 4.19. The molecule has 1 aliphatic heterocycles. The van der Waals surface area contributed by atoms with E-state index in [4.69, 9.17) is 9.47 Å². The second kappa shape index (κ2) is 10.9. The Bertz CT molecular complexity index is 829. The molecule has 0 spiro atoms. The summed E-state index contributed by atoms with van der Waals surface area (Å²) in [5.74, 6) is -2.69. The van der Waals surface area contributed by atoms with Crippen molar-refractivity contribution in [3.05, 3.63) is 53.3 Å². The molecule has 0 radical (unpaired) electrons. The lowest BCUT2D eigenvalue weighted by Gasteiger charge is -2.29. The molecular weight excluding hydrogens is 389 g/mol. The Hall–Kier alpha value is -2.01. The molecule has 0 aromatic heterocycles. The Morgan fingerprint density at radius 1 is 0.967 bits per heavy atom. The highest BCUT2D eigenvalue weighted by Crippen LogP contribution is 2.35. The zero-order valence-corrected chi connectivity index (χ0v) is 17.9. The van der Waals surface area contributed by atoms with Crippen molar-refractivity contribution >= 4 is 0 Å². The molecule has 2 aromatic carbocycles. The second-order valence-corrected chi connectivity index (χ2v) is 8.11. The molecule has 0 N–H and O–H groups in total. The normalized spacial score (nSPS) is 19.1. The van der Waals surface area contributed by atoms with Gasteiger partial charge in [0.15, 0.2) is 11.6 Å². The van der Waals surface area contributed by atoms with Crippen LogP contribution in [0.3, 0.4) is 0 Å². The van der Waals surface area contributed by atoms with Crippen molar-refractivity contribution < 1.29 is 22.6 Å². The Balaban J connectivity index is 1.61. The van der Waals surface area contributed by atoms with E-state index in [0.717, 1.165) is 19.3 Å². The summed E-state index contributed by atoms with van der Waals surface area (Å²) in [6, 6.07) is 7.34. The van der Waals surface area contributed by atoms with Gasteiger partial charge < -0.3 is 9.47 Å². The molecule has 1 fully saturated rings. The quantitative estimate of drug-likeness (QED) is 0.393. The first-order valence-corrected chi connectivity index (χ1v) is 11.0. The zero-order chi connectivity index (χ0) is 21.5. The number of rotatable bonds is 9. The minimum absolute atomic E-state index is 0.00663. The molecule has 2 nitrogen and oxygen atoms in total. The first-order chi connectivity index (χ1) is 14.5. The minimum Gasteiger partial charge on any atom is -0.494 e. The molecule has 0 amide bonds. The Kier molecular flexibility index (Phi) is 8.20. The first kappa shape index (κ1) is 22.7. The average Bonchev–Trinajstić information content (AvgIpc) is 2.76. The highest BCUT2D eigenvalue weighted by molar-refractivity contribution is 5.66. The van der Waals surface area contributed by atoms with Gasteiger partial charge in [-0.2, -0.15) is 4.39 Å². The van der Waals surface area contributed by atoms with Gasteiger partial charge >= 0.3 is 0 Å². The summed E-state index contributed by atoms with van der Waals surface area (Å²) in [6.45, 7) is 2.71. The molecule has 0 bridgehead atoms. The number of hydrogen-bond donors (Lipinski definition) is 0. The highest BCUT2D eigenvalue weighted by atomic mass is 19.2. The second-order valence-electron chi connectivity index (χ2n) is 8.11. The average molecular weight is 421 g/mol. The lowest BCUT2D eigenvalue weighted by Crippen LogP contribution is -2.25. The van der Waals surface area contributed by atoms with Gasteiger partial charge in [0.25, 0.3) is 0 Å². The third-order valence-electron chi connectivity index (χ3n) is 6.02. The van der Waals surface area contributed by atoms with E-state index in [9.17, 15) is 13.2 Å². The van der Waals surface area contributed by atoms with Crippen LogP contribution in [0.1, 0.15) is 69.8 Å². The van der Waals surface area contributed by atoms with Crippen LogP contribution in [0.15, 0.2) is 30.3 Å². The topological polar surface area (TPSA) is 18.5 Å². The van der Waals surface area contributed by atoms with E-state index in [1.807, 2.05) is 0 Å². The van der Waals surface area contributed by atoms with Crippen LogP contribution in [-0.4, -0.2) is 19.8 Å². The van der Waals surface area contributed by atoms with Crippen LogP contribution in [-0.2, 0) is 4.74 Å². The third-order valence-corrected chi connectivity index (χ3v) is 6.02. The summed E-state index contributed by atoms with van der Waals surface area (Å²) >= 11 is 0. The molecule has 2 unspecified atom stereocenters. The molecule has 0 saturated carbocycles. The van der Waals surface area contributed by atoms with Crippen molar-refractivity contribution in [3.63, 3.8) is 0 Å². The number of ether oxygens (including phenoxy) is 2. The van der Waals surface area contributed by atoms with Crippen molar-refractivity contribution in [1.82, 2.24) is 0 Å². The van der Waals surface area contributed by atoms with Crippen LogP contribution in [0, 0.1) is 17.5 Å². The predicted molar refractivity (Wildman–Crippen MR) is 113 cm³/mol. The number of unbranched alkanes of at least 4 members (excludes halogenated alkanes) is 4. The fourth-order valence-electron chi connectivity index (χ4n) is 4.19. The molecule has 1 heterocycles. The van der Waals surface area contributed by atoms with Gasteiger partial charge in [0.1, 0.15) is 5.82 Å². The molecule has 1 saturated heterocycles. The number of methoxy groups -OCH3 is 1. The van der Waals surface area contributed by atoms with Crippen LogP contribution in [0.25, 0.3) is 11.1 Å². The fraction of sp³-hybridized carbons (Fsp3) is 0.520. The van der Waals surface area contributed by atoms with E-state index in [1.165, 1.54) is 57.4 Å². The SMILES string of the molecule is CCCCCCCC1CCC(c2ccc(-c3ccc(OC)c(F)c3F)cc2F)CO1. The molecule has 1 aliphatic rings. The molecule has 5 heteroatoms. The predicted octanol–water partition coefficient (Wildman–Crippen LogP) is 7.40. The lowest BCUT2D eigenvalue weighted by atomic mass is 9.88. The molecule has 30 heavy (non-hydrogen) atoms. The Morgan fingerprint density at radius 2 is 1.77 bits per heavy atom. The van der Waals surface area contributed by atoms with Gasteiger partial charge in [-0.25, -0.2) is 8.78 Å². The van der Waals surface area contributed by atoms with Gasteiger partial charge in [0, 0.05) is 11.5 Å². The van der Waals surface area contributed by atoms with Crippen LogP contribution in [0.4, 0.5) is 13.2 Å². The van der Waals surface area contributed by atoms with Crippen molar-refractivity contribution in [1.29, 1.82) is 0 Å². The van der Waals surface area contributed by atoms with E-state index >= 15 is 0 Å². The monoisotopic (exact) mass is 420 g/mol. The summed E-state index contributed by atoms with van der Waals surface area (Å²) in [4.78, 5) is 0. The Morgan fingerprint density at radius 3 is 2.43 bits per heavy atom. The van der Waals surface area contributed by atoms with E-state index in [0.29, 0.717) is 17.7 Å². The van der Waals surface area contributed by atoms with Gasteiger partial charge in [-0.05, 0) is 48.6 Å². The molecule has 2 aromatic rings. The van der Waals surface area contributed by atoms with Crippen molar-refractivity contribution in [3.8, 4) is 16.9 Å². The number of halogens is 3. The van der Waals surface area contributed by atoms with E-state index in [2.05, 4.69) is 6.92 Å². The summed E-state index contributed by atoms with van der Waals surface area (Å²) in [6.07, 6.45) is 9.38. The van der Waals surface area contributed by atoms with Gasteiger partial charge in [-0.1, -0.05) is 51.2 Å². The molecule has 164 valence electrons. The van der Waals surface area contributed by atoms with Gasteiger partial charge in [0.2, 0.25) is 5.82 Å². The minimum atomic E-state index is -1.07. The first-order valence-electron chi connectivity index (χ1n) is 11.0. The largest absolute Gasteiger partial charge is 0.494 e. The van der Waals surface area contributed by atoms with Crippen LogP contribution in [0.2, 0.25) is 0 Å².